The topological polar surface area (TPSA) is 67.3 Å². The van der Waals surface area contributed by atoms with Gasteiger partial charge in [-0.1, -0.05) is 0 Å². The van der Waals surface area contributed by atoms with Crippen LogP contribution in [-0.2, 0) is 0 Å². The molecule has 5 nitrogen and oxygen atoms in total. The number of hydrogen-bond donors (Lipinski definition) is 2. The summed E-state index contributed by atoms with van der Waals surface area (Å²) in [4.78, 5) is 8.20. The fraction of sp³-hybridized carbons (Fsp3) is 0.0667. The quantitative estimate of drug-likeness (QED) is 0.713. The zero-order chi connectivity index (χ0) is 16.6. The second-order valence-corrected chi connectivity index (χ2v) is 5.46. The first-order valence-corrected chi connectivity index (χ1v) is 7.22. The van der Waals surface area contributed by atoms with E-state index in [9.17, 15) is 13.9 Å². The van der Waals surface area contributed by atoms with E-state index < -0.39 is 17.4 Å². The molecule has 2 N–H and O–H groups in total. The first kappa shape index (κ1) is 15.4. The Kier molecular flexibility index (Phi) is 3.99. The van der Waals surface area contributed by atoms with Gasteiger partial charge in [0.2, 0.25) is 0 Å². The average Bonchev–Trinajstić information content (AvgIpc) is 2.55. The molecular weight excluding hydrogens is 372 g/mol. The maximum Gasteiger partial charge on any atom is 0.191 e. The summed E-state index contributed by atoms with van der Waals surface area (Å²) in [5.74, 6) is -2.27. The third kappa shape index (κ3) is 2.77. The van der Waals surface area contributed by atoms with Crippen LogP contribution >= 0.6 is 15.9 Å². The highest BCUT2D eigenvalue weighted by atomic mass is 79.9. The number of phenolic OH excluding ortho intramolecular Hbond substituents is 1. The van der Waals surface area contributed by atoms with Crippen molar-refractivity contribution in [3.05, 3.63) is 46.7 Å². The monoisotopic (exact) mass is 381 g/mol. The Bertz CT molecular complexity index is 906. The van der Waals surface area contributed by atoms with Gasteiger partial charge < -0.3 is 15.2 Å². The van der Waals surface area contributed by atoms with Gasteiger partial charge in [0.15, 0.2) is 17.4 Å². The van der Waals surface area contributed by atoms with Gasteiger partial charge >= 0.3 is 0 Å². The second kappa shape index (κ2) is 5.96. The van der Waals surface area contributed by atoms with Gasteiger partial charge in [-0.05, 0) is 34.1 Å². The second-order valence-electron chi connectivity index (χ2n) is 4.61. The summed E-state index contributed by atoms with van der Waals surface area (Å²) >= 11 is 3.36. The van der Waals surface area contributed by atoms with Crippen LogP contribution in [0.1, 0.15) is 0 Å². The number of nitrogens with zero attached hydrogens (tertiary/aromatic N) is 2. The Balaban J connectivity index is 2.11. The predicted molar refractivity (Wildman–Crippen MR) is 85.1 cm³/mol. The summed E-state index contributed by atoms with van der Waals surface area (Å²) in [6.45, 7) is 0. The third-order valence-electron chi connectivity index (χ3n) is 3.23. The standard InChI is InChI=1S/C15H10BrF2N3O2/c1-23-12-5-11-7(4-8(12)16)15(20-6-19-11)21-10-3-2-9(17)14(22)13(10)18/h2-6,22H,1H3,(H,19,20,21). The summed E-state index contributed by atoms with van der Waals surface area (Å²) < 4.78 is 32.9. The number of ether oxygens (including phenoxy) is 1. The van der Waals surface area contributed by atoms with Crippen LogP contribution in [0.4, 0.5) is 20.3 Å². The van der Waals surface area contributed by atoms with Crippen molar-refractivity contribution in [3.8, 4) is 11.5 Å². The van der Waals surface area contributed by atoms with E-state index in [1.54, 1.807) is 12.1 Å². The minimum absolute atomic E-state index is 0.101. The van der Waals surface area contributed by atoms with Crippen LogP contribution < -0.4 is 10.1 Å². The zero-order valence-electron chi connectivity index (χ0n) is 11.8. The molecule has 3 aromatic rings. The minimum Gasteiger partial charge on any atom is -0.503 e. The molecule has 1 heterocycles. The molecular formula is C15H10BrF2N3O2. The van der Waals surface area contributed by atoms with Crippen LogP contribution in [-0.4, -0.2) is 22.2 Å². The van der Waals surface area contributed by atoms with Crippen molar-refractivity contribution in [1.29, 1.82) is 0 Å². The van der Waals surface area contributed by atoms with Gasteiger partial charge in [-0.25, -0.2) is 18.7 Å². The number of hydrogen-bond acceptors (Lipinski definition) is 5. The predicted octanol–water partition coefficient (Wildman–Crippen LogP) is 4.13. The van der Waals surface area contributed by atoms with Gasteiger partial charge in [0.25, 0.3) is 0 Å². The number of nitrogens with one attached hydrogen (secondary N) is 1. The molecule has 0 aliphatic carbocycles. The van der Waals surface area contributed by atoms with E-state index >= 15 is 0 Å². The lowest BCUT2D eigenvalue weighted by Gasteiger charge is -2.11. The van der Waals surface area contributed by atoms with Gasteiger partial charge in [-0.15, -0.1) is 0 Å². The fourth-order valence-electron chi connectivity index (χ4n) is 2.08. The number of aromatic hydroxyl groups is 1. The highest BCUT2D eigenvalue weighted by molar-refractivity contribution is 9.10. The number of halogens is 3. The molecule has 0 aliphatic heterocycles. The van der Waals surface area contributed by atoms with Crippen molar-refractivity contribution in [2.75, 3.05) is 12.4 Å². The molecule has 8 heteroatoms. The molecule has 3 rings (SSSR count). The number of rotatable bonds is 3. The highest BCUT2D eigenvalue weighted by Crippen LogP contribution is 2.34. The third-order valence-corrected chi connectivity index (χ3v) is 3.85. The Labute approximate surface area is 138 Å². The van der Waals surface area contributed by atoms with E-state index in [1.165, 1.54) is 19.5 Å². The van der Waals surface area contributed by atoms with Crippen LogP contribution in [0.25, 0.3) is 10.9 Å². The number of aromatic nitrogens is 2. The Morgan fingerprint density at radius 2 is 2.00 bits per heavy atom. The van der Waals surface area contributed by atoms with Crippen molar-refractivity contribution in [2.24, 2.45) is 0 Å². The lowest BCUT2D eigenvalue weighted by molar-refractivity contribution is 0.397. The van der Waals surface area contributed by atoms with E-state index in [4.69, 9.17) is 4.74 Å². The van der Waals surface area contributed by atoms with Crippen molar-refractivity contribution >= 4 is 38.3 Å². The minimum atomic E-state index is -1.09. The van der Waals surface area contributed by atoms with E-state index in [-0.39, 0.29) is 5.69 Å². The van der Waals surface area contributed by atoms with E-state index in [0.29, 0.717) is 26.9 Å². The molecule has 1 aromatic heterocycles. The average molecular weight is 382 g/mol. The number of methoxy groups -OCH3 is 1. The van der Waals surface area contributed by atoms with E-state index in [2.05, 4.69) is 31.2 Å². The smallest absolute Gasteiger partial charge is 0.191 e. The number of benzene rings is 2. The Morgan fingerprint density at radius 3 is 2.74 bits per heavy atom. The van der Waals surface area contributed by atoms with Crippen LogP contribution in [0, 0.1) is 11.6 Å². The van der Waals surface area contributed by atoms with Crippen LogP contribution in [0.5, 0.6) is 11.5 Å². The van der Waals surface area contributed by atoms with Gasteiger partial charge in [0, 0.05) is 11.5 Å². The summed E-state index contributed by atoms with van der Waals surface area (Å²) in [5, 5.41) is 12.7. The van der Waals surface area contributed by atoms with Crippen molar-refractivity contribution in [3.63, 3.8) is 0 Å². The number of fused-ring (bicyclic) bond motifs is 1. The molecule has 0 bridgehead atoms. The lowest BCUT2D eigenvalue weighted by atomic mass is 10.2. The van der Waals surface area contributed by atoms with Gasteiger partial charge in [0.05, 0.1) is 22.8 Å². The molecule has 0 aliphatic rings. The molecule has 2 aromatic carbocycles. The van der Waals surface area contributed by atoms with E-state index in [1.807, 2.05) is 0 Å². The molecule has 0 saturated heterocycles. The first-order chi connectivity index (χ1) is 11.0. The highest BCUT2D eigenvalue weighted by Gasteiger charge is 2.15. The normalized spacial score (nSPS) is 10.8. The van der Waals surface area contributed by atoms with Crippen molar-refractivity contribution < 1.29 is 18.6 Å². The molecule has 0 amide bonds. The summed E-state index contributed by atoms with van der Waals surface area (Å²) in [6, 6.07) is 5.56. The fourth-order valence-corrected chi connectivity index (χ4v) is 2.58. The SMILES string of the molecule is COc1cc2ncnc(Nc3ccc(F)c(O)c3F)c2cc1Br. The van der Waals surface area contributed by atoms with Crippen LogP contribution in [0.3, 0.4) is 0 Å². The van der Waals surface area contributed by atoms with Gasteiger partial charge in [-0.2, -0.15) is 0 Å². The molecule has 0 spiro atoms. The van der Waals surface area contributed by atoms with E-state index in [0.717, 1.165) is 6.07 Å². The molecule has 0 unspecified atom stereocenters. The molecule has 23 heavy (non-hydrogen) atoms. The Morgan fingerprint density at radius 1 is 1.22 bits per heavy atom. The maximum atomic E-state index is 13.9. The lowest BCUT2D eigenvalue weighted by Crippen LogP contribution is -1.99. The first-order valence-electron chi connectivity index (χ1n) is 6.43. The van der Waals surface area contributed by atoms with Crippen molar-refractivity contribution in [2.45, 2.75) is 0 Å². The summed E-state index contributed by atoms with van der Waals surface area (Å²) in [7, 11) is 1.53. The summed E-state index contributed by atoms with van der Waals surface area (Å²) in [5.41, 5.74) is 0.477. The Hall–Kier alpha value is -2.48. The van der Waals surface area contributed by atoms with Crippen LogP contribution in [0.2, 0.25) is 0 Å². The molecule has 0 atom stereocenters. The zero-order valence-corrected chi connectivity index (χ0v) is 13.4. The maximum absolute atomic E-state index is 13.9. The number of phenols is 1. The molecule has 0 radical (unpaired) electrons. The molecule has 0 fully saturated rings. The van der Waals surface area contributed by atoms with Crippen molar-refractivity contribution in [1.82, 2.24) is 9.97 Å². The van der Waals surface area contributed by atoms with Gasteiger partial charge in [-0.3, -0.25) is 0 Å². The number of anilines is 2. The summed E-state index contributed by atoms with van der Waals surface area (Å²) in [6.07, 6.45) is 1.30. The largest absolute Gasteiger partial charge is 0.503 e. The molecule has 0 saturated carbocycles. The van der Waals surface area contributed by atoms with Crippen LogP contribution in [0.15, 0.2) is 35.1 Å². The molecule has 118 valence electrons. The van der Waals surface area contributed by atoms with Gasteiger partial charge in [0.1, 0.15) is 17.9 Å².